The van der Waals surface area contributed by atoms with Gasteiger partial charge in [0.05, 0.1) is 19.8 Å². The molecule has 58 heavy (non-hydrogen) atoms. The molecule has 0 aliphatic rings. The maximum Gasteiger partial charge on any atom is 0.144 e. The molecule has 0 aliphatic heterocycles. The van der Waals surface area contributed by atoms with Gasteiger partial charge in [-0.15, -0.1) is 0 Å². The second kappa shape index (κ2) is 16.0. The maximum atomic E-state index is 14.6. The molecular formula is C53H44FN3O. The molecule has 284 valence electrons. The topological polar surface area (TPSA) is 51.8 Å². The Labute approximate surface area is 353 Å². The van der Waals surface area contributed by atoms with E-state index >= 15 is 0 Å². The third-order valence-corrected chi connectivity index (χ3v) is 10.1. The van der Waals surface area contributed by atoms with Gasteiger partial charge in [0, 0.05) is 57.0 Å². The second-order valence-electron chi connectivity index (χ2n) is 14.8. The summed E-state index contributed by atoms with van der Waals surface area (Å²) in [7, 11) is 0. The van der Waals surface area contributed by atoms with Crippen molar-refractivity contribution in [3.8, 4) is 33.8 Å². The van der Waals surface area contributed by atoms with Gasteiger partial charge in [0.1, 0.15) is 17.0 Å². The fraction of sp³-hybridized carbons (Fsp3) is 0.151. The molecule has 0 N–H and O–H groups in total. The Kier molecular flexibility index (Phi) is 7.46. The van der Waals surface area contributed by atoms with Crippen LogP contribution in [0.5, 0.6) is 0 Å². The number of aryl methyl sites for hydroxylation is 4. The summed E-state index contributed by atoms with van der Waals surface area (Å²) in [5, 5.41) is 0.776. The molecule has 4 aromatic heterocycles. The molecule has 0 amide bonds. The molecular weight excluding hydrogens is 714 g/mol. The average Bonchev–Trinajstić information content (AvgIpc) is 3.72. The monoisotopic (exact) mass is 767 g/mol. The zero-order valence-electron chi connectivity index (χ0n) is 41.8. The lowest BCUT2D eigenvalue weighted by molar-refractivity contribution is 0.520. The first-order valence-electron chi connectivity index (χ1n) is 24.0. The SMILES string of the molecule is [2H]c1cc2oc3c(-c4ccc(C(C)(C)Cc5cc(C([2H])([2H])C([2H])([2H])c6ccc(-c7ccccc7)nc6)cc(C([2H])([2H])C([2H])([2H])c6ccc(-c7ccccc7)nc6)c5)cn4)cccc3c2c([2H])c1F. The van der Waals surface area contributed by atoms with E-state index < -0.39 is 48.8 Å². The number of fused-ring (bicyclic) bond motifs is 3. The van der Waals surface area contributed by atoms with Gasteiger partial charge < -0.3 is 4.42 Å². The van der Waals surface area contributed by atoms with Crippen LogP contribution in [0.4, 0.5) is 4.39 Å². The van der Waals surface area contributed by atoms with Gasteiger partial charge in [0.15, 0.2) is 0 Å². The third kappa shape index (κ3) is 8.07. The van der Waals surface area contributed by atoms with Crippen molar-refractivity contribution in [2.45, 2.75) is 51.2 Å². The molecule has 5 aromatic carbocycles. The van der Waals surface area contributed by atoms with Crippen LogP contribution in [-0.2, 0) is 37.3 Å². The number of para-hydroxylation sites is 1. The highest BCUT2D eigenvalue weighted by atomic mass is 19.1. The molecule has 0 saturated heterocycles. The molecule has 0 aliphatic carbocycles. The quantitative estimate of drug-likeness (QED) is 0.124. The summed E-state index contributed by atoms with van der Waals surface area (Å²) in [5.74, 6) is -0.935. The molecule has 4 heterocycles. The Morgan fingerprint density at radius 1 is 0.569 bits per heavy atom. The lowest BCUT2D eigenvalue weighted by Crippen LogP contribution is -2.21. The van der Waals surface area contributed by atoms with E-state index in [0.717, 1.165) is 16.7 Å². The zero-order valence-corrected chi connectivity index (χ0v) is 31.8. The van der Waals surface area contributed by atoms with Crippen molar-refractivity contribution < 1.29 is 22.5 Å². The number of pyridine rings is 3. The molecule has 5 heteroatoms. The van der Waals surface area contributed by atoms with Gasteiger partial charge in [0.25, 0.3) is 0 Å². The predicted octanol–water partition coefficient (Wildman–Crippen LogP) is 13.0. The average molecular weight is 768 g/mol. The van der Waals surface area contributed by atoms with Crippen molar-refractivity contribution >= 4 is 21.9 Å². The maximum absolute atomic E-state index is 14.6. The Hall–Kier alpha value is -6.72. The number of furan rings is 1. The highest BCUT2D eigenvalue weighted by Crippen LogP contribution is 2.36. The Balaban J connectivity index is 1.09. The molecule has 0 unspecified atom stereocenters. The van der Waals surface area contributed by atoms with Gasteiger partial charge in [0.2, 0.25) is 0 Å². The van der Waals surface area contributed by atoms with Crippen LogP contribution >= 0.6 is 0 Å². The van der Waals surface area contributed by atoms with E-state index in [9.17, 15) is 15.4 Å². The first-order valence-corrected chi connectivity index (χ1v) is 19.0. The number of rotatable bonds is 12. The van der Waals surface area contributed by atoms with E-state index in [2.05, 4.69) is 9.97 Å². The van der Waals surface area contributed by atoms with Gasteiger partial charge in [-0.2, -0.15) is 0 Å². The van der Waals surface area contributed by atoms with Gasteiger partial charge in [-0.3, -0.25) is 15.0 Å². The number of halogens is 1. The van der Waals surface area contributed by atoms with Crippen LogP contribution in [0, 0.1) is 5.82 Å². The fourth-order valence-electron chi connectivity index (χ4n) is 7.13. The van der Waals surface area contributed by atoms with Crippen LogP contribution in [0.25, 0.3) is 55.7 Å². The normalized spacial score (nSPS) is 15.2. The van der Waals surface area contributed by atoms with Crippen molar-refractivity contribution in [1.82, 2.24) is 15.0 Å². The van der Waals surface area contributed by atoms with Crippen molar-refractivity contribution in [2.24, 2.45) is 0 Å². The second-order valence-corrected chi connectivity index (χ2v) is 14.8. The van der Waals surface area contributed by atoms with E-state index in [1.54, 1.807) is 42.6 Å². The zero-order chi connectivity index (χ0) is 48.4. The number of nitrogens with zero attached hydrogens (tertiary/aromatic N) is 3. The largest absolute Gasteiger partial charge is 0.455 e. The molecule has 0 atom stereocenters. The Bertz CT molecular complexity index is 3180. The summed E-state index contributed by atoms with van der Waals surface area (Å²) >= 11 is 0. The van der Waals surface area contributed by atoms with Crippen LogP contribution in [0.15, 0.2) is 175 Å². The first kappa shape index (κ1) is 27.0. The molecule has 0 bridgehead atoms. The van der Waals surface area contributed by atoms with Gasteiger partial charge in [-0.1, -0.05) is 123 Å². The smallest absolute Gasteiger partial charge is 0.144 e. The number of hydrogen-bond acceptors (Lipinski definition) is 4. The molecule has 0 fully saturated rings. The highest BCUT2D eigenvalue weighted by Gasteiger charge is 2.23. The van der Waals surface area contributed by atoms with E-state index in [1.807, 2.05) is 80.6 Å². The summed E-state index contributed by atoms with van der Waals surface area (Å²) in [4.78, 5) is 13.7. The van der Waals surface area contributed by atoms with Crippen molar-refractivity contribution in [3.63, 3.8) is 0 Å². The summed E-state index contributed by atoms with van der Waals surface area (Å²) < 4.78 is 112. The molecule has 0 spiro atoms. The highest BCUT2D eigenvalue weighted by molar-refractivity contribution is 6.09. The number of hydrogen-bond donors (Lipinski definition) is 0. The standard InChI is InChI=1S/C53H44FN3O/c1-53(2,43-22-26-50(57-35-43)46-15-9-14-45-47-31-44(54)23-27-51(47)58-52(45)46)32-40-29-38(18-16-36-20-24-48(55-33-36)41-10-5-3-6-11-41)28-39(30-40)19-17-37-21-25-49(56-34-37)42-12-7-4-8-13-42/h3-15,20-31,33-35H,16-19,32H2,1-2H3/i16D2,17D2,18D2,19D2,23D,31D. The Morgan fingerprint density at radius 3 is 1.71 bits per heavy atom. The fourth-order valence-corrected chi connectivity index (χ4v) is 7.13. The van der Waals surface area contributed by atoms with Crippen molar-refractivity contribution in [2.75, 3.05) is 0 Å². The molecule has 0 radical (unpaired) electrons. The van der Waals surface area contributed by atoms with Gasteiger partial charge in [-0.05, 0) is 113 Å². The van der Waals surface area contributed by atoms with Crippen molar-refractivity contribution in [1.29, 1.82) is 0 Å². The van der Waals surface area contributed by atoms with Crippen LogP contribution < -0.4 is 0 Å². The van der Waals surface area contributed by atoms with Crippen LogP contribution in [-0.4, -0.2) is 15.0 Å². The molecule has 9 rings (SSSR count). The van der Waals surface area contributed by atoms with E-state index in [4.69, 9.17) is 12.1 Å². The third-order valence-electron chi connectivity index (χ3n) is 10.1. The summed E-state index contributed by atoms with van der Waals surface area (Å²) in [6.45, 7) is 3.89. The summed E-state index contributed by atoms with van der Waals surface area (Å²) in [6, 6.07) is 38.5. The van der Waals surface area contributed by atoms with Crippen LogP contribution in [0.2, 0.25) is 0 Å². The minimum Gasteiger partial charge on any atom is -0.455 e. The molecule has 4 nitrogen and oxygen atoms in total. The summed E-state index contributed by atoms with van der Waals surface area (Å²) in [6.07, 6.45) is -6.46. The van der Waals surface area contributed by atoms with Crippen molar-refractivity contribution in [3.05, 3.63) is 209 Å². The van der Waals surface area contributed by atoms with Gasteiger partial charge >= 0.3 is 0 Å². The minimum atomic E-state index is -2.78. The van der Waals surface area contributed by atoms with Gasteiger partial charge in [-0.25, -0.2) is 4.39 Å². The van der Waals surface area contributed by atoms with E-state index in [0.29, 0.717) is 39.2 Å². The number of aromatic nitrogens is 3. The Morgan fingerprint density at radius 2 is 1.14 bits per heavy atom. The summed E-state index contributed by atoms with van der Waals surface area (Å²) in [5.41, 5.74) is 4.50. The first-order chi connectivity index (χ1) is 32.2. The minimum absolute atomic E-state index is 0.0321. The van der Waals surface area contributed by atoms with E-state index in [1.165, 1.54) is 48.8 Å². The predicted molar refractivity (Wildman–Crippen MR) is 234 cm³/mol. The van der Waals surface area contributed by atoms with Crippen LogP contribution in [0.3, 0.4) is 0 Å². The lowest BCUT2D eigenvalue weighted by atomic mass is 9.79. The van der Waals surface area contributed by atoms with E-state index in [-0.39, 0.29) is 39.6 Å². The lowest BCUT2D eigenvalue weighted by Gasteiger charge is -2.26. The molecule has 0 saturated carbocycles. The number of benzene rings is 5. The van der Waals surface area contributed by atoms with Crippen LogP contribution in [0.1, 0.15) is 60.9 Å². The molecule has 9 aromatic rings.